The molecule has 0 aromatic heterocycles. The summed E-state index contributed by atoms with van der Waals surface area (Å²) in [5, 5.41) is 11.2. The van der Waals surface area contributed by atoms with Crippen LogP contribution in [-0.4, -0.2) is 59.3 Å². The minimum Gasteiger partial charge on any atom is -0.453 e. The van der Waals surface area contributed by atoms with Crippen LogP contribution in [0.2, 0.25) is 0 Å². The van der Waals surface area contributed by atoms with Crippen LogP contribution in [0.15, 0.2) is 12.2 Å². The van der Waals surface area contributed by atoms with Crippen molar-refractivity contribution in [1.82, 2.24) is 0 Å². The molecule has 5 aliphatic rings. The van der Waals surface area contributed by atoms with Gasteiger partial charge in [-0.15, -0.1) is 0 Å². The van der Waals surface area contributed by atoms with Crippen molar-refractivity contribution in [2.24, 2.45) is 0 Å². The van der Waals surface area contributed by atoms with E-state index in [0.717, 1.165) is 64.2 Å². The van der Waals surface area contributed by atoms with Crippen molar-refractivity contribution in [3.63, 3.8) is 0 Å². The van der Waals surface area contributed by atoms with E-state index in [4.69, 9.17) is 23.7 Å². The maximum Gasteiger partial charge on any atom is 0.333 e. The third-order valence-corrected chi connectivity index (χ3v) is 7.19. The Balaban J connectivity index is 1.44. The minimum atomic E-state index is -0.882. The Morgan fingerprint density at radius 1 is 0.828 bits per heavy atom. The van der Waals surface area contributed by atoms with E-state index < -0.39 is 54.2 Å². The lowest BCUT2D eigenvalue weighted by molar-refractivity contribution is -0.226. The molecule has 2 saturated heterocycles. The third kappa shape index (κ3) is 3.35. The smallest absolute Gasteiger partial charge is 0.333 e. The van der Waals surface area contributed by atoms with Gasteiger partial charge in [0.2, 0.25) is 0 Å². The van der Waals surface area contributed by atoms with Crippen molar-refractivity contribution in [2.75, 3.05) is 0 Å². The van der Waals surface area contributed by atoms with Gasteiger partial charge in [0.05, 0.1) is 0 Å². The Kier molecular flexibility index (Phi) is 5.02. The third-order valence-electron chi connectivity index (χ3n) is 7.19. The van der Waals surface area contributed by atoms with Gasteiger partial charge in [-0.25, -0.2) is 4.79 Å². The van der Waals surface area contributed by atoms with Crippen molar-refractivity contribution in [3.05, 3.63) is 12.2 Å². The van der Waals surface area contributed by atoms with Gasteiger partial charge < -0.3 is 28.8 Å². The molecule has 0 bridgehead atoms. The highest BCUT2D eigenvalue weighted by Gasteiger charge is 2.66. The number of aliphatic hydroxyl groups excluding tert-OH is 1. The summed E-state index contributed by atoms with van der Waals surface area (Å²) in [4.78, 5) is 12.4. The van der Waals surface area contributed by atoms with Gasteiger partial charge in [0, 0.05) is 31.3 Å². The number of aliphatic hydroxyl groups is 1. The number of rotatable bonds is 2. The van der Waals surface area contributed by atoms with E-state index in [-0.39, 0.29) is 0 Å². The molecular formula is C22H32O7. The van der Waals surface area contributed by atoms with Crippen LogP contribution >= 0.6 is 0 Å². The average Bonchev–Trinajstić information content (AvgIpc) is 3.25. The molecule has 5 rings (SSSR count). The topological polar surface area (TPSA) is 83.5 Å². The molecule has 0 aromatic rings. The number of ether oxygens (including phenoxy) is 5. The van der Waals surface area contributed by atoms with Gasteiger partial charge in [0.15, 0.2) is 17.7 Å². The fraction of sp³-hybridized carbons (Fsp3) is 0.864. The maximum atomic E-state index is 12.4. The molecule has 7 nitrogen and oxygen atoms in total. The quantitative estimate of drug-likeness (QED) is 0.556. The number of carbonyl (C=O) groups excluding carboxylic acids is 1. The number of hydrogen-bond donors (Lipinski definition) is 1. The molecule has 6 atom stereocenters. The second-order valence-electron chi connectivity index (χ2n) is 9.41. The molecule has 7 heteroatoms. The van der Waals surface area contributed by atoms with E-state index in [1.165, 1.54) is 0 Å². The predicted octanol–water partition coefficient (Wildman–Crippen LogP) is 2.74. The summed E-state index contributed by atoms with van der Waals surface area (Å²) in [5.41, 5.74) is 0.321. The zero-order valence-electron chi connectivity index (χ0n) is 17.1. The lowest BCUT2D eigenvalue weighted by Crippen LogP contribution is -2.62. The highest BCUT2D eigenvalue weighted by molar-refractivity contribution is 5.87. The molecule has 2 spiro atoms. The van der Waals surface area contributed by atoms with E-state index in [1.54, 1.807) is 6.92 Å². The van der Waals surface area contributed by atoms with Gasteiger partial charge >= 0.3 is 5.97 Å². The molecule has 2 aliphatic heterocycles. The first kappa shape index (κ1) is 19.9. The Hall–Kier alpha value is -0.990. The first-order chi connectivity index (χ1) is 13.9. The van der Waals surface area contributed by atoms with Crippen molar-refractivity contribution in [1.29, 1.82) is 0 Å². The predicted molar refractivity (Wildman–Crippen MR) is 102 cm³/mol. The van der Waals surface area contributed by atoms with E-state index in [9.17, 15) is 9.90 Å². The van der Waals surface area contributed by atoms with Gasteiger partial charge in [-0.05, 0) is 32.6 Å². The molecule has 29 heavy (non-hydrogen) atoms. The monoisotopic (exact) mass is 408 g/mol. The molecule has 3 aliphatic carbocycles. The van der Waals surface area contributed by atoms with Crippen LogP contribution < -0.4 is 0 Å². The molecule has 0 amide bonds. The highest BCUT2D eigenvalue weighted by atomic mass is 16.8. The molecule has 1 N–H and O–H groups in total. The molecule has 0 radical (unpaired) electrons. The van der Waals surface area contributed by atoms with Gasteiger partial charge in [-0.1, -0.05) is 19.4 Å². The average molecular weight is 408 g/mol. The number of esters is 1. The summed E-state index contributed by atoms with van der Waals surface area (Å²) in [7, 11) is 0. The van der Waals surface area contributed by atoms with Crippen LogP contribution in [0.25, 0.3) is 0 Å². The molecule has 162 valence electrons. The summed E-state index contributed by atoms with van der Waals surface area (Å²) in [6.07, 6.45) is 5.62. The molecule has 2 unspecified atom stereocenters. The molecule has 5 fully saturated rings. The van der Waals surface area contributed by atoms with Crippen molar-refractivity contribution < 1.29 is 33.6 Å². The molecular weight excluding hydrogens is 376 g/mol. The second kappa shape index (κ2) is 7.31. The van der Waals surface area contributed by atoms with Crippen molar-refractivity contribution in [3.8, 4) is 0 Å². The first-order valence-electron chi connectivity index (χ1n) is 11.2. The molecule has 2 heterocycles. The fourth-order valence-electron chi connectivity index (χ4n) is 5.74. The standard InChI is InChI=1S/C22H32O7/c1-13(2)20(24)25-17-18-15(26-21(28-18)9-5-3-6-10-21)14(23)16-19(17)29-22(27-16)11-7-4-8-12-22/h14-19,23H,1,3-12H2,2H3/t14?,15-,16+,17?,18-,19-/m1/s1. The summed E-state index contributed by atoms with van der Waals surface area (Å²) in [6.45, 7) is 5.33. The van der Waals surface area contributed by atoms with Crippen LogP contribution in [0.1, 0.15) is 71.1 Å². The van der Waals surface area contributed by atoms with Crippen molar-refractivity contribution >= 4 is 5.97 Å². The largest absolute Gasteiger partial charge is 0.453 e. The summed E-state index contributed by atoms with van der Waals surface area (Å²) < 4.78 is 31.4. The van der Waals surface area contributed by atoms with Gasteiger partial charge in [0.25, 0.3) is 0 Å². The fourth-order valence-corrected chi connectivity index (χ4v) is 5.74. The van der Waals surface area contributed by atoms with E-state index in [0.29, 0.717) is 5.57 Å². The zero-order chi connectivity index (χ0) is 20.2. The van der Waals surface area contributed by atoms with E-state index >= 15 is 0 Å². The van der Waals surface area contributed by atoms with Crippen LogP contribution in [0.5, 0.6) is 0 Å². The van der Waals surface area contributed by atoms with Gasteiger partial charge in [0.1, 0.15) is 30.5 Å². The number of hydrogen-bond acceptors (Lipinski definition) is 7. The molecule has 0 aromatic carbocycles. The summed E-state index contributed by atoms with van der Waals surface area (Å²) >= 11 is 0. The van der Waals surface area contributed by atoms with Crippen molar-refractivity contribution in [2.45, 2.75) is 119 Å². The summed E-state index contributed by atoms with van der Waals surface area (Å²) in [6, 6.07) is 0. The Labute approximate surface area is 171 Å². The summed E-state index contributed by atoms with van der Waals surface area (Å²) in [5.74, 6) is -1.89. The van der Waals surface area contributed by atoms with Crippen LogP contribution in [-0.2, 0) is 28.5 Å². The Bertz CT molecular complexity index is 622. The second-order valence-corrected chi connectivity index (χ2v) is 9.41. The SMILES string of the molecule is C=C(C)C(=O)OC1[C@@H]2OC3(CCCCC3)O[C@@H]2C(O)[C@@H]2OC3(CCCCC3)O[C@@H]12. The van der Waals surface area contributed by atoms with Gasteiger partial charge in [-0.3, -0.25) is 0 Å². The highest BCUT2D eigenvalue weighted by Crippen LogP contribution is 2.51. The van der Waals surface area contributed by atoms with E-state index in [2.05, 4.69) is 6.58 Å². The maximum absolute atomic E-state index is 12.4. The number of carbonyl (C=O) groups is 1. The first-order valence-corrected chi connectivity index (χ1v) is 11.2. The minimum absolute atomic E-state index is 0.321. The van der Waals surface area contributed by atoms with Crippen LogP contribution in [0.3, 0.4) is 0 Å². The Morgan fingerprint density at radius 2 is 1.24 bits per heavy atom. The normalized spacial score (nSPS) is 42.4. The number of fused-ring (bicyclic) bond motifs is 2. The lowest BCUT2D eigenvalue weighted by atomic mass is 9.85. The lowest BCUT2D eigenvalue weighted by Gasteiger charge is -2.40. The van der Waals surface area contributed by atoms with Crippen LogP contribution in [0, 0.1) is 0 Å². The zero-order valence-corrected chi connectivity index (χ0v) is 17.1. The molecule has 3 saturated carbocycles. The van der Waals surface area contributed by atoms with Crippen LogP contribution in [0.4, 0.5) is 0 Å². The Morgan fingerprint density at radius 3 is 1.66 bits per heavy atom. The van der Waals surface area contributed by atoms with Gasteiger partial charge in [-0.2, -0.15) is 0 Å². The van der Waals surface area contributed by atoms with E-state index in [1.807, 2.05) is 0 Å².